The molecule has 7 nitrogen and oxygen atoms in total. The van der Waals surface area contributed by atoms with Gasteiger partial charge < -0.3 is 25.0 Å². The molecule has 0 aliphatic carbocycles. The van der Waals surface area contributed by atoms with Gasteiger partial charge in [0.25, 0.3) is 5.91 Å². The fraction of sp³-hybridized carbons (Fsp3) is 0.619. The Morgan fingerprint density at radius 2 is 1.86 bits per heavy atom. The first-order chi connectivity index (χ1) is 13.0. The van der Waals surface area contributed by atoms with E-state index in [1.807, 2.05) is 45.6 Å². The van der Waals surface area contributed by atoms with Gasteiger partial charge in [0.05, 0.1) is 11.8 Å². The molecule has 1 aromatic rings. The van der Waals surface area contributed by atoms with Gasteiger partial charge in [0.2, 0.25) is 0 Å². The van der Waals surface area contributed by atoms with Crippen molar-refractivity contribution in [3.63, 3.8) is 0 Å². The maximum absolute atomic E-state index is 13.0. The summed E-state index contributed by atoms with van der Waals surface area (Å²) in [5.74, 6) is 0.572. The number of amides is 2. The summed E-state index contributed by atoms with van der Waals surface area (Å²) in [6, 6.07) is 3.72. The van der Waals surface area contributed by atoms with Gasteiger partial charge in [0.15, 0.2) is 0 Å². The average Bonchev–Trinajstić information content (AvgIpc) is 2.89. The van der Waals surface area contributed by atoms with E-state index in [1.165, 1.54) is 0 Å². The predicted molar refractivity (Wildman–Crippen MR) is 107 cm³/mol. The first kappa shape index (κ1) is 20.3. The van der Waals surface area contributed by atoms with Crippen LogP contribution in [0.2, 0.25) is 0 Å². The molecule has 2 N–H and O–H groups in total. The van der Waals surface area contributed by atoms with Crippen molar-refractivity contribution in [3.8, 4) is 5.75 Å². The number of anilines is 1. The molecule has 2 heterocycles. The van der Waals surface area contributed by atoms with Crippen LogP contribution in [0.5, 0.6) is 5.75 Å². The fourth-order valence-corrected chi connectivity index (χ4v) is 3.72. The van der Waals surface area contributed by atoms with Gasteiger partial charge in [0.1, 0.15) is 11.4 Å². The number of carbonyl (C=O) groups excluding carboxylic acids is 2. The number of ether oxygens (including phenoxy) is 2. The van der Waals surface area contributed by atoms with Gasteiger partial charge in [-0.05, 0) is 65.2 Å². The normalized spacial score (nSPS) is 17.9. The van der Waals surface area contributed by atoms with Crippen molar-refractivity contribution in [1.82, 2.24) is 9.80 Å². The van der Waals surface area contributed by atoms with E-state index in [1.54, 1.807) is 11.0 Å². The number of piperidine rings is 1. The van der Waals surface area contributed by atoms with E-state index in [0.29, 0.717) is 36.6 Å². The van der Waals surface area contributed by atoms with Gasteiger partial charge in [-0.1, -0.05) is 0 Å². The Bertz CT molecular complexity index is 762. The number of carbonyl (C=O) groups is 2. The van der Waals surface area contributed by atoms with Crippen LogP contribution in [-0.2, 0) is 11.3 Å². The van der Waals surface area contributed by atoms with Crippen molar-refractivity contribution in [1.29, 1.82) is 0 Å². The van der Waals surface area contributed by atoms with Gasteiger partial charge in [-0.25, -0.2) is 4.79 Å². The van der Waals surface area contributed by atoms with E-state index < -0.39 is 5.60 Å². The second-order valence-corrected chi connectivity index (χ2v) is 8.85. The Balaban J connectivity index is 1.65. The quantitative estimate of drug-likeness (QED) is 0.801. The zero-order chi connectivity index (χ0) is 20.6. The molecule has 28 heavy (non-hydrogen) atoms. The van der Waals surface area contributed by atoms with E-state index in [0.717, 1.165) is 18.4 Å². The number of nitrogens with two attached hydrogens (primary N) is 1. The molecular weight excluding hydrogens is 358 g/mol. The van der Waals surface area contributed by atoms with Gasteiger partial charge in [-0.3, -0.25) is 4.79 Å². The van der Waals surface area contributed by atoms with E-state index >= 15 is 0 Å². The van der Waals surface area contributed by atoms with Crippen LogP contribution < -0.4 is 10.5 Å². The van der Waals surface area contributed by atoms with E-state index in [9.17, 15) is 9.59 Å². The van der Waals surface area contributed by atoms with Crippen LogP contribution in [0, 0.1) is 0 Å². The highest BCUT2D eigenvalue weighted by Gasteiger charge is 2.36. The monoisotopic (exact) mass is 389 g/mol. The summed E-state index contributed by atoms with van der Waals surface area (Å²) in [7, 11) is 0. The molecule has 2 amide bonds. The summed E-state index contributed by atoms with van der Waals surface area (Å²) in [5.41, 5.74) is 7.76. The minimum atomic E-state index is -0.504. The van der Waals surface area contributed by atoms with Gasteiger partial charge in [0, 0.05) is 31.2 Å². The lowest BCUT2D eigenvalue weighted by Crippen LogP contribution is -2.48. The van der Waals surface area contributed by atoms with E-state index in [4.69, 9.17) is 15.2 Å². The van der Waals surface area contributed by atoms with Crippen molar-refractivity contribution in [2.75, 3.05) is 18.8 Å². The topological polar surface area (TPSA) is 85.1 Å². The summed E-state index contributed by atoms with van der Waals surface area (Å²) in [5, 5.41) is 0. The molecule has 3 rings (SSSR count). The molecule has 1 saturated heterocycles. The van der Waals surface area contributed by atoms with Crippen LogP contribution in [0.15, 0.2) is 12.1 Å². The van der Waals surface area contributed by atoms with Crippen LogP contribution in [0.25, 0.3) is 0 Å². The third kappa shape index (κ3) is 4.34. The molecule has 0 bridgehead atoms. The van der Waals surface area contributed by atoms with Gasteiger partial charge in [-0.2, -0.15) is 0 Å². The number of rotatable bonds is 3. The lowest BCUT2D eigenvalue weighted by Gasteiger charge is -2.37. The minimum Gasteiger partial charge on any atom is -0.489 e. The Morgan fingerprint density at radius 1 is 1.21 bits per heavy atom. The molecule has 0 aromatic heterocycles. The van der Waals surface area contributed by atoms with Crippen molar-refractivity contribution in [2.45, 2.75) is 71.8 Å². The highest BCUT2D eigenvalue weighted by Crippen LogP contribution is 2.35. The smallest absolute Gasteiger partial charge is 0.410 e. The van der Waals surface area contributed by atoms with Crippen LogP contribution in [-0.4, -0.2) is 52.6 Å². The minimum absolute atomic E-state index is 0.00913. The van der Waals surface area contributed by atoms with Crippen LogP contribution >= 0.6 is 0 Å². The maximum Gasteiger partial charge on any atom is 0.410 e. The molecule has 2 aliphatic heterocycles. The number of hydrogen-bond acceptors (Lipinski definition) is 5. The van der Waals surface area contributed by atoms with Crippen molar-refractivity contribution in [3.05, 3.63) is 23.3 Å². The average molecular weight is 389 g/mol. The lowest BCUT2D eigenvalue weighted by molar-refractivity contribution is 0.0148. The Morgan fingerprint density at radius 3 is 2.43 bits per heavy atom. The number of benzene rings is 1. The van der Waals surface area contributed by atoms with Crippen LogP contribution in [0.1, 0.15) is 63.4 Å². The first-order valence-corrected chi connectivity index (χ1v) is 9.93. The van der Waals surface area contributed by atoms with Gasteiger partial charge in [-0.15, -0.1) is 0 Å². The summed E-state index contributed by atoms with van der Waals surface area (Å²) >= 11 is 0. The molecule has 0 unspecified atom stereocenters. The van der Waals surface area contributed by atoms with Crippen molar-refractivity contribution in [2.24, 2.45) is 0 Å². The first-order valence-electron chi connectivity index (χ1n) is 9.93. The molecule has 0 atom stereocenters. The van der Waals surface area contributed by atoms with E-state index in [-0.39, 0.29) is 24.1 Å². The summed E-state index contributed by atoms with van der Waals surface area (Å²) in [4.78, 5) is 28.8. The third-order valence-corrected chi connectivity index (χ3v) is 4.99. The molecular formula is C21H31N3O4. The Labute approximate surface area is 166 Å². The zero-order valence-corrected chi connectivity index (χ0v) is 17.4. The molecule has 1 aromatic carbocycles. The summed E-state index contributed by atoms with van der Waals surface area (Å²) in [6.45, 7) is 11.2. The summed E-state index contributed by atoms with van der Waals surface area (Å²) < 4.78 is 11.2. The second kappa shape index (κ2) is 7.53. The SMILES string of the molecule is CC(C)Oc1cc2c(cc1N)CN(C1CCN(C(=O)OC(C)(C)C)CC1)C2=O. The fourth-order valence-electron chi connectivity index (χ4n) is 3.72. The number of nitrogen functional groups attached to an aromatic ring is 1. The molecule has 2 aliphatic rings. The number of hydrogen-bond donors (Lipinski definition) is 1. The number of fused-ring (bicyclic) bond motifs is 1. The van der Waals surface area contributed by atoms with Crippen LogP contribution in [0.3, 0.4) is 0 Å². The van der Waals surface area contributed by atoms with Gasteiger partial charge >= 0.3 is 6.09 Å². The lowest BCUT2D eigenvalue weighted by atomic mass is 10.0. The number of nitrogens with zero attached hydrogens (tertiary/aromatic N) is 2. The maximum atomic E-state index is 13.0. The second-order valence-electron chi connectivity index (χ2n) is 8.85. The molecule has 0 radical (unpaired) electrons. The molecule has 7 heteroatoms. The Hall–Kier alpha value is -2.44. The number of likely N-dealkylation sites (tertiary alicyclic amines) is 1. The molecule has 154 valence electrons. The summed E-state index contributed by atoms with van der Waals surface area (Å²) in [6.07, 6.45) is 1.18. The molecule has 0 spiro atoms. The van der Waals surface area contributed by atoms with E-state index in [2.05, 4.69) is 0 Å². The molecule has 1 fully saturated rings. The molecule has 0 saturated carbocycles. The van der Waals surface area contributed by atoms with Crippen molar-refractivity contribution < 1.29 is 19.1 Å². The standard InChI is InChI=1S/C21H31N3O4/c1-13(2)27-18-11-16-14(10-17(18)22)12-24(19(16)25)15-6-8-23(9-7-15)20(26)28-21(3,4)5/h10-11,13,15H,6-9,12,22H2,1-5H3. The highest BCUT2D eigenvalue weighted by molar-refractivity contribution is 5.99. The predicted octanol–water partition coefficient (Wildman–Crippen LogP) is 3.41. The largest absolute Gasteiger partial charge is 0.489 e. The Kier molecular flexibility index (Phi) is 5.46. The van der Waals surface area contributed by atoms with Crippen LogP contribution in [0.4, 0.5) is 10.5 Å². The highest BCUT2D eigenvalue weighted by atomic mass is 16.6. The third-order valence-electron chi connectivity index (χ3n) is 4.99. The van der Waals surface area contributed by atoms with Crippen molar-refractivity contribution >= 4 is 17.7 Å². The zero-order valence-electron chi connectivity index (χ0n) is 17.4.